The number of ether oxygens (including phenoxy) is 2. The SMILES string of the molecule is COc1cc(C(=O)N2CCC(O)(C(=O)O)CC2)cc(Cl)c1OCCC(C)C. The lowest BCUT2D eigenvalue weighted by Crippen LogP contribution is -2.50. The summed E-state index contributed by atoms with van der Waals surface area (Å²) in [4.78, 5) is 25.4. The maximum atomic E-state index is 12.8. The number of carboxylic acids is 1. The van der Waals surface area contributed by atoms with Crippen LogP contribution in [0.25, 0.3) is 0 Å². The maximum Gasteiger partial charge on any atom is 0.335 e. The van der Waals surface area contributed by atoms with Gasteiger partial charge in [-0.25, -0.2) is 4.79 Å². The third-order valence-corrected chi connectivity index (χ3v) is 4.97. The largest absolute Gasteiger partial charge is 0.493 e. The fourth-order valence-electron chi connectivity index (χ4n) is 2.86. The molecule has 1 aliphatic heterocycles. The van der Waals surface area contributed by atoms with E-state index >= 15 is 0 Å². The van der Waals surface area contributed by atoms with Gasteiger partial charge in [-0.1, -0.05) is 25.4 Å². The molecular weight excluding hydrogens is 374 g/mol. The van der Waals surface area contributed by atoms with Crippen LogP contribution in [-0.4, -0.2) is 59.4 Å². The summed E-state index contributed by atoms with van der Waals surface area (Å²) in [6.07, 6.45) is 0.825. The van der Waals surface area contributed by atoms with Crippen molar-refractivity contribution in [1.82, 2.24) is 4.90 Å². The molecule has 1 saturated heterocycles. The zero-order chi connectivity index (χ0) is 20.2. The number of likely N-dealkylation sites (tertiary alicyclic amines) is 1. The van der Waals surface area contributed by atoms with Gasteiger partial charge in [-0.15, -0.1) is 0 Å². The van der Waals surface area contributed by atoms with Gasteiger partial charge in [0.25, 0.3) is 5.91 Å². The zero-order valence-corrected chi connectivity index (χ0v) is 16.6. The van der Waals surface area contributed by atoms with Gasteiger partial charge in [0.2, 0.25) is 0 Å². The molecule has 1 fully saturated rings. The van der Waals surface area contributed by atoms with Crippen LogP contribution in [0.1, 0.15) is 43.5 Å². The highest BCUT2D eigenvalue weighted by molar-refractivity contribution is 6.32. The molecule has 0 saturated carbocycles. The second-order valence-corrected chi connectivity index (χ2v) is 7.56. The molecule has 0 spiro atoms. The van der Waals surface area contributed by atoms with E-state index in [-0.39, 0.29) is 36.9 Å². The zero-order valence-electron chi connectivity index (χ0n) is 15.8. The van der Waals surface area contributed by atoms with Crippen LogP contribution in [0.5, 0.6) is 11.5 Å². The van der Waals surface area contributed by atoms with E-state index in [1.165, 1.54) is 18.1 Å². The number of hydrogen-bond donors (Lipinski definition) is 2. The van der Waals surface area contributed by atoms with E-state index in [1.54, 1.807) is 6.07 Å². The van der Waals surface area contributed by atoms with Crippen molar-refractivity contribution in [3.8, 4) is 11.5 Å². The summed E-state index contributed by atoms with van der Waals surface area (Å²) in [6, 6.07) is 3.09. The maximum absolute atomic E-state index is 12.8. The summed E-state index contributed by atoms with van der Waals surface area (Å²) in [5, 5.41) is 19.4. The normalized spacial score (nSPS) is 16.3. The van der Waals surface area contributed by atoms with Gasteiger partial charge in [0.1, 0.15) is 0 Å². The summed E-state index contributed by atoms with van der Waals surface area (Å²) in [5.41, 5.74) is -1.45. The van der Waals surface area contributed by atoms with Gasteiger partial charge in [-0.3, -0.25) is 4.79 Å². The Kier molecular flexibility index (Phi) is 6.95. The van der Waals surface area contributed by atoms with Gasteiger partial charge < -0.3 is 24.6 Å². The number of aliphatic hydroxyl groups is 1. The smallest absolute Gasteiger partial charge is 0.335 e. The van der Waals surface area contributed by atoms with Gasteiger partial charge in [0.05, 0.1) is 18.7 Å². The average molecular weight is 400 g/mol. The number of methoxy groups -OCH3 is 1. The molecule has 0 aliphatic carbocycles. The number of carboxylic acid groups (broad SMARTS) is 1. The predicted octanol–water partition coefficient (Wildman–Crippen LogP) is 2.83. The molecule has 1 heterocycles. The number of carbonyl (C=O) groups excluding carboxylic acids is 1. The topological polar surface area (TPSA) is 96.3 Å². The number of aliphatic carboxylic acids is 1. The first-order chi connectivity index (χ1) is 12.7. The number of hydrogen-bond acceptors (Lipinski definition) is 5. The van der Waals surface area contributed by atoms with E-state index in [9.17, 15) is 14.7 Å². The minimum Gasteiger partial charge on any atom is -0.493 e. The molecule has 150 valence electrons. The lowest BCUT2D eigenvalue weighted by atomic mass is 9.91. The van der Waals surface area contributed by atoms with Gasteiger partial charge in [0.15, 0.2) is 17.1 Å². The molecule has 8 heteroatoms. The predicted molar refractivity (Wildman–Crippen MR) is 101 cm³/mol. The fourth-order valence-corrected chi connectivity index (χ4v) is 3.12. The van der Waals surface area contributed by atoms with E-state index in [0.29, 0.717) is 29.6 Å². The summed E-state index contributed by atoms with van der Waals surface area (Å²) in [7, 11) is 1.48. The van der Waals surface area contributed by atoms with Gasteiger partial charge in [-0.05, 0) is 24.5 Å². The molecule has 1 aromatic carbocycles. The number of nitrogens with zero attached hydrogens (tertiary/aromatic N) is 1. The molecule has 2 rings (SSSR count). The number of piperidine rings is 1. The van der Waals surface area contributed by atoms with Crippen LogP contribution in [0, 0.1) is 5.92 Å². The van der Waals surface area contributed by atoms with Crippen molar-refractivity contribution < 1.29 is 29.3 Å². The first-order valence-corrected chi connectivity index (χ1v) is 9.31. The van der Waals surface area contributed by atoms with Crippen molar-refractivity contribution >= 4 is 23.5 Å². The second kappa shape index (κ2) is 8.80. The van der Waals surface area contributed by atoms with Crippen LogP contribution in [0.2, 0.25) is 5.02 Å². The van der Waals surface area contributed by atoms with Gasteiger partial charge in [0, 0.05) is 31.5 Å². The molecule has 2 N–H and O–H groups in total. The summed E-state index contributed by atoms with van der Waals surface area (Å²) >= 11 is 6.31. The third-order valence-electron chi connectivity index (χ3n) is 4.69. The first-order valence-electron chi connectivity index (χ1n) is 8.93. The number of benzene rings is 1. The molecule has 1 aliphatic rings. The van der Waals surface area contributed by atoms with Crippen LogP contribution >= 0.6 is 11.6 Å². The Bertz CT molecular complexity index is 698. The standard InChI is InChI=1S/C19H26ClNO6/c1-12(2)4-9-27-16-14(20)10-13(11-15(16)26-3)17(22)21-7-5-19(25,6-8-21)18(23)24/h10-12,25H,4-9H2,1-3H3,(H,23,24). The first kappa shape index (κ1) is 21.3. The van der Waals surface area contributed by atoms with Gasteiger partial charge >= 0.3 is 5.97 Å². The Morgan fingerprint density at radius 2 is 1.93 bits per heavy atom. The highest BCUT2D eigenvalue weighted by Gasteiger charge is 2.40. The Morgan fingerprint density at radius 3 is 2.44 bits per heavy atom. The molecular formula is C19H26ClNO6. The quantitative estimate of drug-likeness (QED) is 0.731. The summed E-state index contributed by atoms with van der Waals surface area (Å²) < 4.78 is 11.1. The summed E-state index contributed by atoms with van der Waals surface area (Å²) in [5.74, 6) is -0.304. The van der Waals surface area contributed by atoms with E-state index in [4.69, 9.17) is 26.2 Å². The molecule has 1 amide bonds. The highest BCUT2D eigenvalue weighted by atomic mass is 35.5. The van der Waals surface area contributed by atoms with E-state index < -0.39 is 11.6 Å². The van der Waals surface area contributed by atoms with Crippen LogP contribution < -0.4 is 9.47 Å². The lowest BCUT2D eigenvalue weighted by Gasteiger charge is -2.35. The Balaban J connectivity index is 2.13. The van der Waals surface area contributed by atoms with Crippen molar-refractivity contribution in [2.75, 3.05) is 26.8 Å². The third kappa shape index (κ3) is 5.05. The fraction of sp³-hybridized carbons (Fsp3) is 0.579. The van der Waals surface area contributed by atoms with Crippen LogP contribution in [0.3, 0.4) is 0 Å². The molecule has 7 nitrogen and oxygen atoms in total. The van der Waals surface area contributed by atoms with Gasteiger partial charge in [-0.2, -0.15) is 0 Å². The van der Waals surface area contributed by atoms with Crippen molar-refractivity contribution in [1.29, 1.82) is 0 Å². The van der Waals surface area contributed by atoms with Crippen molar-refractivity contribution in [2.45, 2.75) is 38.7 Å². The van der Waals surface area contributed by atoms with E-state index in [0.717, 1.165) is 6.42 Å². The van der Waals surface area contributed by atoms with Crippen molar-refractivity contribution in [3.05, 3.63) is 22.7 Å². The minimum atomic E-state index is -1.78. The Labute approximate surface area is 163 Å². The van der Waals surface area contributed by atoms with E-state index in [1.807, 2.05) is 0 Å². The molecule has 0 aromatic heterocycles. The Morgan fingerprint density at radius 1 is 1.30 bits per heavy atom. The lowest BCUT2D eigenvalue weighted by molar-refractivity contribution is -0.162. The molecule has 1 aromatic rings. The van der Waals surface area contributed by atoms with E-state index in [2.05, 4.69) is 13.8 Å². The van der Waals surface area contributed by atoms with Crippen LogP contribution in [0.4, 0.5) is 0 Å². The molecule has 0 unspecified atom stereocenters. The van der Waals surface area contributed by atoms with Crippen molar-refractivity contribution in [2.24, 2.45) is 5.92 Å². The number of halogens is 1. The van der Waals surface area contributed by atoms with Crippen molar-refractivity contribution in [3.63, 3.8) is 0 Å². The number of amides is 1. The number of rotatable bonds is 7. The Hall–Kier alpha value is -1.99. The minimum absolute atomic E-state index is 0.0185. The monoisotopic (exact) mass is 399 g/mol. The molecule has 0 radical (unpaired) electrons. The highest BCUT2D eigenvalue weighted by Crippen LogP contribution is 2.37. The molecule has 0 atom stereocenters. The molecule has 0 bridgehead atoms. The average Bonchev–Trinajstić information content (AvgIpc) is 2.62. The number of carbonyl (C=O) groups is 2. The van der Waals surface area contributed by atoms with Crippen LogP contribution in [0.15, 0.2) is 12.1 Å². The summed E-state index contributed by atoms with van der Waals surface area (Å²) in [6.45, 7) is 4.96. The van der Waals surface area contributed by atoms with Crippen LogP contribution in [-0.2, 0) is 4.79 Å². The molecule has 27 heavy (non-hydrogen) atoms. The second-order valence-electron chi connectivity index (χ2n) is 7.15.